The van der Waals surface area contributed by atoms with Gasteiger partial charge in [0.1, 0.15) is 11.6 Å². The number of para-hydroxylation sites is 2. The molecule has 164 valence electrons. The van der Waals surface area contributed by atoms with Crippen molar-refractivity contribution in [3.05, 3.63) is 95.3 Å². The van der Waals surface area contributed by atoms with E-state index in [0.717, 1.165) is 41.1 Å². The van der Waals surface area contributed by atoms with Crippen molar-refractivity contribution in [1.29, 1.82) is 0 Å². The van der Waals surface area contributed by atoms with Crippen LogP contribution in [-0.2, 0) is 13.0 Å². The van der Waals surface area contributed by atoms with Gasteiger partial charge in [-0.1, -0.05) is 47.5 Å². The topological polar surface area (TPSA) is 56.1 Å². The minimum atomic E-state index is -0.0529. The highest BCUT2D eigenvalue weighted by molar-refractivity contribution is 5.94. The second kappa shape index (κ2) is 10.1. The molecule has 0 aliphatic carbocycles. The lowest BCUT2D eigenvalue weighted by Gasteiger charge is -2.11. The molecule has 1 N–H and O–H groups in total. The highest BCUT2D eigenvalue weighted by Gasteiger charge is 2.11. The van der Waals surface area contributed by atoms with Gasteiger partial charge in [0.2, 0.25) is 0 Å². The summed E-state index contributed by atoms with van der Waals surface area (Å²) in [4.78, 5) is 17.3. The average molecular weight is 428 g/mol. The number of carbonyl (C=O) groups excluding carboxylic acids is 1. The number of amides is 1. The van der Waals surface area contributed by atoms with Crippen LogP contribution >= 0.6 is 0 Å². The summed E-state index contributed by atoms with van der Waals surface area (Å²) in [5, 5.41) is 3.02. The molecule has 4 rings (SSSR count). The van der Waals surface area contributed by atoms with Crippen molar-refractivity contribution in [3.8, 4) is 5.75 Å². The van der Waals surface area contributed by atoms with Gasteiger partial charge in [-0.05, 0) is 56.7 Å². The molecule has 0 fully saturated rings. The van der Waals surface area contributed by atoms with E-state index in [0.29, 0.717) is 25.1 Å². The minimum Gasteiger partial charge on any atom is -0.494 e. The minimum absolute atomic E-state index is 0.0529. The van der Waals surface area contributed by atoms with E-state index in [-0.39, 0.29) is 5.91 Å². The van der Waals surface area contributed by atoms with Gasteiger partial charge < -0.3 is 14.6 Å². The summed E-state index contributed by atoms with van der Waals surface area (Å²) >= 11 is 0. The Morgan fingerprint density at radius 1 is 0.969 bits per heavy atom. The van der Waals surface area contributed by atoms with Crippen LogP contribution in [0.4, 0.5) is 0 Å². The van der Waals surface area contributed by atoms with Crippen LogP contribution in [0.25, 0.3) is 11.0 Å². The number of imidazole rings is 1. The molecule has 4 aromatic rings. The molecule has 0 bridgehead atoms. The van der Waals surface area contributed by atoms with E-state index in [2.05, 4.69) is 35.0 Å². The summed E-state index contributed by atoms with van der Waals surface area (Å²) in [7, 11) is 0. The fraction of sp³-hybridized carbons (Fsp3) is 0.259. The van der Waals surface area contributed by atoms with Crippen molar-refractivity contribution in [2.45, 2.75) is 33.2 Å². The quantitative estimate of drug-likeness (QED) is 0.378. The SMILES string of the molecule is Cc1ccc(OCCCn2c(CCNC(=O)c3cccc(C)c3)nc3ccccc32)cc1. The number of ether oxygens (including phenoxy) is 1. The smallest absolute Gasteiger partial charge is 0.251 e. The number of fused-ring (bicyclic) bond motifs is 1. The Labute approximate surface area is 189 Å². The van der Waals surface area contributed by atoms with Gasteiger partial charge in [0, 0.05) is 25.1 Å². The fourth-order valence-electron chi connectivity index (χ4n) is 3.79. The van der Waals surface area contributed by atoms with Crippen molar-refractivity contribution < 1.29 is 9.53 Å². The number of carbonyl (C=O) groups is 1. The van der Waals surface area contributed by atoms with Gasteiger partial charge in [-0.25, -0.2) is 4.98 Å². The number of aryl methyl sites for hydroxylation is 3. The van der Waals surface area contributed by atoms with E-state index >= 15 is 0 Å². The number of rotatable bonds is 9. The summed E-state index contributed by atoms with van der Waals surface area (Å²) < 4.78 is 8.13. The Balaban J connectivity index is 1.37. The van der Waals surface area contributed by atoms with E-state index in [9.17, 15) is 4.79 Å². The van der Waals surface area contributed by atoms with Crippen LogP contribution in [0.3, 0.4) is 0 Å². The molecular weight excluding hydrogens is 398 g/mol. The van der Waals surface area contributed by atoms with Gasteiger partial charge in [0.25, 0.3) is 5.91 Å². The molecule has 3 aromatic carbocycles. The van der Waals surface area contributed by atoms with E-state index < -0.39 is 0 Å². The Kier molecular flexibility index (Phi) is 6.85. The molecule has 5 nitrogen and oxygen atoms in total. The molecule has 1 heterocycles. The second-order valence-corrected chi connectivity index (χ2v) is 8.06. The fourth-order valence-corrected chi connectivity index (χ4v) is 3.79. The first-order valence-electron chi connectivity index (χ1n) is 11.1. The van der Waals surface area contributed by atoms with Crippen molar-refractivity contribution in [1.82, 2.24) is 14.9 Å². The summed E-state index contributed by atoms with van der Waals surface area (Å²) in [5.74, 6) is 1.82. The maximum absolute atomic E-state index is 12.5. The first-order valence-corrected chi connectivity index (χ1v) is 11.1. The predicted octanol–water partition coefficient (Wildman–Crippen LogP) is 5.09. The molecule has 0 saturated carbocycles. The lowest BCUT2D eigenvalue weighted by atomic mass is 10.1. The van der Waals surface area contributed by atoms with Crippen LogP contribution in [0.5, 0.6) is 5.75 Å². The maximum atomic E-state index is 12.5. The highest BCUT2D eigenvalue weighted by Crippen LogP contribution is 2.18. The standard InChI is InChI=1S/C27H29N3O2/c1-20-11-13-23(14-12-20)32-18-6-17-30-25-10-4-3-9-24(25)29-26(30)15-16-28-27(31)22-8-5-7-21(2)19-22/h3-5,7-14,19H,6,15-18H2,1-2H3,(H,28,31). The van der Waals surface area contributed by atoms with Crippen LogP contribution in [-0.4, -0.2) is 28.6 Å². The lowest BCUT2D eigenvalue weighted by Crippen LogP contribution is -2.26. The summed E-state index contributed by atoms with van der Waals surface area (Å²) in [5.41, 5.74) is 5.08. The monoisotopic (exact) mass is 427 g/mol. The van der Waals surface area contributed by atoms with Gasteiger partial charge in [-0.2, -0.15) is 0 Å². The van der Waals surface area contributed by atoms with E-state index in [4.69, 9.17) is 9.72 Å². The molecule has 5 heteroatoms. The molecule has 0 atom stereocenters. The van der Waals surface area contributed by atoms with Crippen molar-refractivity contribution in [2.24, 2.45) is 0 Å². The van der Waals surface area contributed by atoms with E-state index in [1.807, 2.05) is 61.5 Å². The summed E-state index contributed by atoms with van der Waals surface area (Å²) in [6, 6.07) is 23.9. The third-order valence-corrected chi connectivity index (χ3v) is 5.46. The number of nitrogens with one attached hydrogen (secondary N) is 1. The number of benzene rings is 3. The first kappa shape index (κ1) is 21.6. The Morgan fingerprint density at radius 2 is 1.78 bits per heavy atom. The number of hydrogen-bond acceptors (Lipinski definition) is 3. The van der Waals surface area contributed by atoms with Gasteiger partial charge in [0.15, 0.2) is 0 Å². The average Bonchev–Trinajstić information content (AvgIpc) is 3.15. The van der Waals surface area contributed by atoms with Crippen LogP contribution in [0, 0.1) is 13.8 Å². The van der Waals surface area contributed by atoms with Crippen molar-refractivity contribution >= 4 is 16.9 Å². The molecule has 1 amide bonds. The summed E-state index contributed by atoms with van der Waals surface area (Å²) in [6.45, 7) is 6.04. The maximum Gasteiger partial charge on any atom is 0.251 e. The Hall–Kier alpha value is -3.60. The highest BCUT2D eigenvalue weighted by atomic mass is 16.5. The third kappa shape index (κ3) is 5.35. The molecule has 0 aliphatic rings. The van der Waals surface area contributed by atoms with Gasteiger partial charge in [-0.15, -0.1) is 0 Å². The lowest BCUT2D eigenvalue weighted by molar-refractivity contribution is 0.0954. The Morgan fingerprint density at radius 3 is 2.59 bits per heavy atom. The third-order valence-electron chi connectivity index (χ3n) is 5.46. The van der Waals surface area contributed by atoms with E-state index in [1.54, 1.807) is 0 Å². The largest absolute Gasteiger partial charge is 0.494 e. The number of nitrogens with zero attached hydrogens (tertiary/aromatic N) is 2. The van der Waals surface area contributed by atoms with Crippen LogP contribution in [0.2, 0.25) is 0 Å². The van der Waals surface area contributed by atoms with Gasteiger partial charge >= 0.3 is 0 Å². The number of aromatic nitrogens is 2. The normalized spacial score (nSPS) is 10.9. The first-order chi connectivity index (χ1) is 15.6. The zero-order valence-electron chi connectivity index (χ0n) is 18.7. The van der Waals surface area contributed by atoms with Gasteiger partial charge in [-0.3, -0.25) is 4.79 Å². The molecule has 0 aliphatic heterocycles. The molecule has 0 unspecified atom stereocenters. The predicted molar refractivity (Wildman–Crippen MR) is 128 cm³/mol. The Bertz CT molecular complexity index is 1200. The molecule has 0 saturated heterocycles. The molecule has 0 spiro atoms. The van der Waals surface area contributed by atoms with Crippen molar-refractivity contribution in [2.75, 3.05) is 13.2 Å². The van der Waals surface area contributed by atoms with Gasteiger partial charge in [0.05, 0.1) is 17.6 Å². The van der Waals surface area contributed by atoms with Crippen LogP contribution in [0.15, 0.2) is 72.8 Å². The second-order valence-electron chi connectivity index (χ2n) is 8.06. The van der Waals surface area contributed by atoms with Crippen molar-refractivity contribution in [3.63, 3.8) is 0 Å². The molecule has 1 aromatic heterocycles. The molecule has 32 heavy (non-hydrogen) atoms. The molecule has 0 radical (unpaired) electrons. The zero-order valence-corrected chi connectivity index (χ0v) is 18.7. The van der Waals surface area contributed by atoms with Crippen LogP contribution < -0.4 is 10.1 Å². The zero-order chi connectivity index (χ0) is 22.3. The molecular formula is C27H29N3O2. The summed E-state index contributed by atoms with van der Waals surface area (Å²) in [6.07, 6.45) is 1.54. The number of hydrogen-bond donors (Lipinski definition) is 1. The van der Waals surface area contributed by atoms with E-state index in [1.165, 1.54) is 5.56 Å². The van der Waals surface area contributed by atoms with Crippen LogP contribution in [0.1, 0.15) is 33.7 Å².